The van der Waals surface area contributed by atoms with Crippen molar-refractivity contribution in [2.24, 2.45) is 16.8 Å². The Morgan fingerprint density at radius 1 is 1.40 bits per heavy atom. The van der Waals surface area contributed by atoms with Crippen LogP contribution in [0.25, 0.3) is 0 Å². The lowest BCUT2D eigenvalue weighted by atomic mass is 9.87. The summed E-state index contributed by atoms with van der Waals surface area (Å²) in [6.07, 6.45) is 6.66. The van der Waals surface area contributed by atoms with Crippen LogP contribution in [0.4, 0.5) is 0 Å². The molecule has 0 radical (unpaired) electrons. The normalized spacial score (nSPS) is 22.9. The molecule has 84 valence electrons. The smallest absolute Gasteiger partial charge is 0.198 e. The zero-order valence-corrected chi connectivity index (χ0v) is 9.74. The number of aliphatic imine (C=N–C) groups is 1. The van der Waals surface area contributed by atoms with Crippen molar-refractivity contribution < 1.29 is 0 Å². The summed E-state index contributed by atoms with van der Waals surface area (Å²) in [5.74, 6) is 2.80. The SMILES string of the molecule is CC(C)C1CCN(C2=NCC=CN2)CC1. The summed E-state index contributed by atoms with van der Waals surface area (Å²) < 4.78 is 0. The van der Waals surface area contributed by atoms with Crippen molar-refractivity contribution in [3.63, 3.8) is 0 Å². The quantitative estimate of drug-likeness (QED) is 0.710. The summed E-state index contributed by atoms with van der Waals surface area (Å²) in [6, 6.07) is 0. The molecule has 1 N–H and O–H groups in total. The van der Waals surface area contributed by atoms with Gasteiger partial charge in [-0.25, -0.2) is 4.99 Å². The van der Waals surface area contributed by atoms with Crippen LogP contribution in [0.15, 0.2) is 17.3 Å². The second-order valence-electron chi connectivity index (χ2n) is 4.78. The first kappa shape index (κ1) is 10.5. The molecule has 3 heteroatoms. The fourth-order valence-corrected chi connectivity index (χ4v) is 2.34. The van der Waals surface area contributed by atoms with Crippen LogP contribution >= 0.6 is 0 Å². The van der Waals surface area contributed by atoms with Crippen molar-refractivity contribution in [2.45, 2.75) is 26.7 Å². The summed E-state index contributed by atoms with van der Waals surface area (Å²) in [7, 11) is 0. The Hall–Kier alpha value is -0.990. The van der Waals surface area contributed by atoms with E-state index in [9.17, 15) is 0 Å². The van der Waals surface area contributed by atoms with Gasteiger partial charge >= 0.3 is 0 Å². The highest BCUT2D eigenvalue weighted by atomic mass is 15.3. The molecule has 0 atom stereocenters. The van der Waals surface area contributed by atoms with Gasteiger partial charge in [-0.2, -0.15) is 0 Å². The summed E-state index contributed by atoms with van der Waals surface area (Å²) in [6.45, 7) is 7.80. The molecule has 0 unspecified atom stereocenters. The molecule has 2 heterocycles. The molecule has 2 aliphatic heterocycles. The fourth-order valence-electron chi connectivity index (χ4n) is 2.34. The monoisotopic (exact) mass is 207 g/mol. The zero-order chi connectivity index (χ0) is 10.7. The molecule has 15 heavy (non-hydrogen) atoms. The van der Waals surface area contributed by atoms with Crippen LogP contribution < -0.4 is 5.32 Å². The van der Waals surface area contributed by atoms with Crippen molar-refractivity contribution in [1.82, 2.24) is 10.2 Å². The molecule has 3 nitrogen and oxygen atoms in total. The average molecular weight is 207 g/mol. The first-order valence-electron chi connectivity index (χ1n) is 5.98. The van der Waals surface area contributed by atoms with Crippen molar-refractivity contribution in [2.75, 3.05) is 19.6 Å². The highest BCUT2D eigenvalue weighted by Gasteiger charge is 2.23. The van der Waals surface area contributed by atoms with E-state index in [4.69, 9.17) is 0 Å². The van der Waals surface area contributed by atoms with Gasteiger partial charge in [0, 0.05) is 19.3 Å². The Morgan fingerprint density at radius 3 is 2.67 bits per heavy atom. The lowest BCUT2D eigenvalue weighted by Gasteiger charge is -2.35. The number of nitrogens with zero attached hydrogens (tertiary/aromatic N) is 2. The predicted molar refractivity (Wildman–Crippen MR) is 63.7 cm³/mol. The number of hydrogen-bond acceptors (Lipinski definition) is 3. The molecule has 0 aliphatic carbocycles. The first-order valence-corrected chi connectivity index (χ1v) is 5.98. The van der Waals surface area contributed by atoms with E-state index in [1.165, 1.54) is 12.8 Å². The van der Waals surface area contributed by atoms with Gasteiger partial charge in [-0.3, -0.25) is 0 Å². The van der Waals surface area contributed by atoms with Gasteiger partial charge in [0.2, 0.25) is 0 Å². The number of likely N-dealkylation sites (tertiary alicyclic amines) is 1. The maximum atomic E-state index is 4.47. The molecular weight excluding hydrogens is 186 g/mol. The number of hydrogen-bond donors (Lipinski definition) is 1. The van der Waals surface area contributed by atoms with Gasteiger partial charge in [0.05, 0.1) is 6.54 Å². The number of guanidine groups is 1. The molecule has 0 aromatic carbocycles. The molecule has 0 aromatic rings. The Balaban J connectivity index is 1.85. The van der Waals surface area contributed by atoms with E-state index in [2.05, 4.69) is 29.1 Å². The molecule has 1 fully saturated rings. The van der Waals surface area contributed by atoms with Crippen molar-refractivity contribution in [1.29, 1.82) is 0 Å². The van der Waals surface area contributed by atoms with Gasteiger partial charge in [-0.1, -0.05) is 13.8 Å². The maximum absolute atomic E-state index is 4.47. The lowest BCUT2D eigenvalue weighted by molar-refractivity contribution is 0.216. The fraction of sp³-hybridized carbons (Fsp3) is 0.750. The van der Waals surface area contributed by atoms with E-state index in [-0.39, 0.29) is 0 Å². The van der Waals surface area contributed by atoms with Gasteiger partial charge in [0.15, 0.2) is 5.96 Å². The Labute approximate surface area is 92.3 Å². The largest absolute Gasteiger partial charge is 0.343 e. The van der Waals surface area contributed by atoms with Crippen LogP contribution in [0.2, 0.25) is 0 Å². The third-order valence-corrected chi connectivity index (χ3v) is 3.46. The summed E-state index contributed by atoms with van der Waals surface area (Å²) in [5.41, 5.74) is 0. The summed E-state index contributed by atoms with van der Waals surface area (Å²) in [5, 5.41) is 3.23. The average Bonchev–Trinajstić information content (AvgIpc) is 2.30. The Bertz CT molecular complexity index is 260. The van der Waals surface area contributed by atoms with Crippen LogP contribution in [0.3, 0.4) is 0 Å². The number of rotatable bonds is 1. The minimum absolute atomic E-state index is 0.826. The van der Waals surface area contributed by atoms with E-state index in [0.717, 1.165) is 37.4 Å². The molecule has 2 aliphatic rings. The third-order valence-electron chi connectivity index (χ3n) is 3.46. The van der Waals surface area contributed by atoms with Gasteiger partial charge < -0.3 is 10.2 Å². The molecule has 0 aromatic heterocycles. The first-order chi connectivity index (χ1) is 7.27. The number of nitrogens with one attached hydrogen (secondary N) is 1. The Kier molecular flexibility index (Phi) is 3.29. The van der Waals surface area contributed by atoms with Crippen LogP contribution in [-0.2, 0) is 0 Å². The van der Waals surface area contributed by atoms with Crippen molar-refractivity contribution in [3.05, 3.63) is 12.3 Å². The molecule has 0 saturated carbocycles. The van der Waals surface area contributed by atoms with E-state index >= 15 is 0 Å². The van der Waals surface area contributed by atoms with E-state index in [1.807, 2.05) is 12.3 Å². The highest BCUT2D eigenvalue weighted by Crippen LogP contribution is 2.24. The van der Waals surface area contributed by atoms with E-state index < -0.39 is 0 Å². The standard InChI is InChI=1S/C12H21N3/c1-10(2)11-4-8-15(9-5-11)12-13-6-3-7-14-12/h3,6,10-11H,4-5,7-9H2,1-2H3,(H,13,14). The minimum Gasteiger partial charge on any atom is -0.343 e. The molecule has 2 rings (SSSR count). The molecule has 0 amide bonds. The van der Waals surface area contributed by atoms with Crippen molar-refractivity contribution in [3.8, 4) is 0 Å². The van der Waals surface area contributed by atoms with Gasteiger partial charge in [-0.15, -0.1) is 0 Å². The number of piperidine rings is 1. The van der Waals surface area contributed by atoms with Crippen molar-refractivity contribution >= 4 is 5.96 Å². The summed E-state index contributed by atoms with van der Waals surface area (Å²) >= 11 is 0. The van der Waals surface area contributed by atoms with Crippen LogP contribution in [0.5, 0.6) is 0 Å². The third kappa shape index (κ3) is 2.52. The zero-order valence-electron chi connectivity index (χ0n) is 9.74. The van der Waals surface area contributed by atoms with E-state index in [1.54, 1.807) is 0 Å². The van der Waals surface area contributed by atoms with Crippen LogP contribution in [-0.4, -0.2) is 30.5 Å². The van der Waals surface area contributed by atoms with Crippen LogP contribution in [0.1, 0.15) is 26.7 Å². The molecular formula is C12H21N3. The van der Waals surface area contributed by atoms with E-state index in [0.29, 0.717) is 0 Å². The molecule has 0 bridgehead atoms. The second-order valence-corrected chi connectivity index (χ2v) is 4.78. The lowest BCUT2D eigenvalue weighted by Crippen LogP contribution is -2.45. The van der Waals surface area contributed by atoms with Gasteiger partial charge in [-0.05, 0) is 30.8 Å². The highest BCUT2D eigenvalue weighted by molar-refractivity contribution is 5.81. The molecule has 1 saturated heterocycles. The predicted octanol–water partition coefficient (Wildman–Crippen LogP) is 1.83. The maximum Gasteiger partial charge on any atom is 0.198 e. The molecule has 0 spiro atoms. The second kappa shape index (κ2) is 4.69. The van der Waals surface area contributed by atoms with Crippen LogP contribution in [0, 0.1) is 11.8 Å². The topological polar surface area (TPSA) is 27.6 Å². The van der Waals surface area contributed by atoms with Gasteiger partial charge in [0.1, 0.15) is 0 Å². The summed E-state index contributed by atoms with van der Waals surface area (Å²) in [4.78, 5) is 6.85. The van der Waals surface area contributed by atoms with Gasteiger partial charge in [0.25, 0.3) is 0 Å². The minimum atomic E-state index is 0.826. The Morgan fingerprint density at radius 2 is 2.13 bits per heavy atom.